The SMILES string of the molecule is CCCCCC(=O)OC(C)(C)OC(=O)CCCCC. The minimum absolute atomic E-state index is 0.306. The van der Waals surface area contributed by atoms with Gasteiger partial charge in [0.1, 0.15) is 0 Å². The molecule has 0 aliphatic heterocycles. The van der Waals surface area contributed by atoms with E-state index in [2.05, 4.69) is 13.8 Å². The minimum atomic E-state index is -1.16. The quantitative estimate of drug-likeness (QED) is 0.343. The Hall–Kier alpha value is -1.06. The molecule has 0 heterocycles. The summed E-state index contributed by atoms with van der Waals surface area (Å²) in [4.78, 5) is 23.1. The van der Waals surface area contributed by atoms with Gasteiger partial charge in [0.2, 0.25) is 0 Å². The first-order valence-corrected chi connectivity index (χ1v) is 7.35. The van der Waals surface area contributed by atoms with Gasteiger partial charge in [-0.05, 0) is 12.8 Å². The molecule has 0 aliphatic carbocycles. The van der Waals surface area contributed by atoms with E-state index >= 15 is 0 Å². The van der Waals surface area contributed by atoms with Crippen LogP contribution in [0.1, 0.15) is 79.1 Å². The summed E-state index contributed by atoms with van der Waals surface area (Å²) in [6, 6.07) is 0. The number of esters is 2. The molecule has 0 fully saturated rings. The molecule has 19 heavy (non-hydrogen) atoms. The zero-order valence-electron chi connectivity index (χ0n) is 12.8. The summed E-state index contributed by atoms with van der Waals surface area (Å²) in [6.07, 6.45) is 6.52. The number of hydrogen-bond donors (Lipinski definition) is 0. The average Bonchev–Trinajstić information content (AvgIpc) is 2.28. The fraction of sp³-hybridized carbons (Fsp3) is 0.867. The van der Waals surface area contributed by atoms with Gasteiger partial charge >= 0.3 is 11.9 Å². The molecule has 0 saturated carbocycles. The maximum absolute atomic E-state index is 11.6. The molecule has 4 nitrogen and oxygen atoms in total. The van der Waals surface area contributed by atoms with Crippen LogP contribution in [0.4, 0.5) is 0 Å². The molecule has 0 aromatic rings. The summed E-state index contributed by atoms with van der Waals surface area (Å²) in [5.74, 6) is -1.77. The average molecular weight is 272 g/mol. The minimum Gasteiger partial charge on any atom is -0.423 e. The van der Waals surface area contributed by atoms with Crippen LogP contribution in [-0.2, 0) is 19.1 Å². The molecule has 0 bridgehead atoms. The second-order valence-corrected chi connectivity index (χ2v) is 5.26. The van der Waals surface area contributed by atoms with Crippen molar-refractivity contribution in [1.82, 2.24) is 0 Å². The van der Waals surface area contributed by atoms with Crippen molar-refractivity contribution in [2.24, 2.45) is 0 Å². The Morgan fingerprint density at radius 2 is 1.16 bits per heavy atom. The number of unbranched alkanes of at least 4 members (excludes halogenated alkanes) is 4. The van der Waals surface area contributed by atoms with E-state index in [4.69, 9.17) is 9.47 Å². The first-order chi connectivity index (χ1) is 8.91. The Morgan fingerprint density at radius 1 is 0.789 bits per heavy atom. The van der Waals surface area contributed by atoms with Gasteiger partial charge in [0.05, 0.1) is 0 Å². The predicted molar refractivity (Wildman–Crippen MR) is 74.5 cm³/mol. The molecule has 0 aromatic carbocycles. The molecule has 0 radical (unpaired) electrons. The number of rotatable bonds is 10. The van der Waals surface area contributed by atoms with Gasteiger partial charge in [-0.15, -0.1) is 0 Å². The standard InChI is InChI=1S/C15H28O4/c1-5-7-9-11-13(16)18-15(3,4)19-14(17)12-10-8-6-2/h5-12H2,1-4H3. The molecule has 0 rings (SSSR count). The van der Waals surface area contributed by atoms with E-state index in [9.17, 15) is 9.59 Å². The lowest BCUT2D eigenvalue weighted by atomic mass is 10.2. The van der Waals surface area contributed by atoms with Crippen LogP contribution in [0.5, 0.6) is 0 Å². The van der Waals surface area contributed by atoms with E-state index in [1.54, 1.807) is 13.8 Å². The van der Waals surface area contributed by atoms with Gasteiger partial charge in [0, 0.05) is 26.7 Å². The molecule has 112 valence electrons. The van der Waals surface area contributed by atoms with Crippen molar-refractivity contribution in [2.45, 2.75) is 84.8 Å². The largest absolute Gasteiger partial charge is 0.423 e. The van der Waals surface area contributed by atoms with Crippen molar-refractivity contribution in [2.75, 3.05) is 0 Å². The molecule has 0 unspecified atom stereocenters. The Kier molecular flexibility index (Phi) is 9.27. The highest BCUT2D eigenvalue weighted by molar-refractivity contribution is 5.71. The summed E-state index contributed by atoms with van der Waals surface area (Å²) >= 11 is 0. The van der Waals surface area contributed by atoms with Crippen molar-refractivity contribution < 1.29 is 19.1 Å². The van der Waals surface area contributed by atoms with Crippen LogP contribution in [-0.4, -0.2) is 17.7 Å². The van der Waals surface area contributed by atoms with Crippen molar-refractivity contribution in [1.29, 1.82) is 0 Å². The summed E-state index contributed by atoms with van der Waals surface area (Å²) in [6.45, 7) is 7.35. The maximum Gasteiger partial charge on any atom is 0.309 e. The van der Waals surface area contributed by atoms with Gasteiger partial charge in [-0.25, -0.2) is 0 Å². The monoisotopic (exact) mass is 272 g/mol. The third-order valence-electron chi connectivity index (χ3n) is 2.69. The fourth-order valence-electron chi connectivity index (χ4n) is 1.71. The topological polar surface area (TPSA) is 52.6 Å². The lowest BCUT2D eigenvalue weighted by Crippen LogP contribution is -2.33. The summed E-state index contributed by atoms with van der Waals surface area (Å²) < 4.78 is 10.4. The lowest BCUT2D eigenvalue weighted by Gasteiger charge is -2.25. The van der Waals surface area contributed by atoms with Crippen LogP contribution in [0.25, 0.3) is 0 Å². The van der Waals surface area contributed by atoms with E-state index in [0.717, 1.165) is 38.5 Å². The highest BCUT2D eigenvalue weighted by atomic mass is 16.7. The van der Waals surface area contributed by atoms with Crippen molar-refractivity contribution >= 4 is 11.9 Å². The van der Waals surface area contributed by atoms with Crippen molar-refractivity contribution in [3.8, 4) is 0 Å². The molecule has 0 aromatic heterocycles. The smallest absolute Gasteiger partial charge is 0.309 e. The van der Waals surface area contributed by atoms with Gasteiger partial charge in [0.15, 0.2) is 0 Å². The maximum atomic E-state index is 11.6. The summed E-state index contributed by atoms with van der Waals surface area (Å²) in [5.41, 5.74) is 0. The first-order valence-electron chi connectivity index (χ1n) is 7.35. The van der Waals surface area contributed by atoms with Gasteiger partial charge in [-0.3, -0.25) is 9.59 Å². The first kappa shape index (κ1) is 17.9. The van der Waals surface area contributed by atoms with Crippen LogP contribution in [0.15, 0.2) is 0 Å². The second kappa shape index (κ2) is 9.82. The van der Waals surface area contributed by atoms with Crippen LogP contribution in [0.2, 0.25) is 0 Å². The highest BCUT2D eigenvalue weighted by Crippen LogP contribution is 2.15. The van der Waals surface area contributed by atoms with E-state index in [0.29, 0.717) is 12.8 Å². The van der Waals surface area contributed by atoms with Crippen LogP contribution in [0, 0.1) is 0 Å². The Balaban J connectivity index is 3.95. The molecule has 0 amide bonds. The fourth-order valence-corrected chi connectivity index (χ4v) is 1.71. The molecule has 0 spiro atoms. The zero-order chi connectivity index (χ0) is 14.7. The molecule has 4 heteroatoms. The molecule has 0 atom stereocenters. The van der Waals surface area contributed by atoms with Gasteiger partial charge in [0.25, 0.3) is 5.79 Å². The highest BCUT2D eigenvalue weighted by Gasteiger charge is 2.26. The molecular weight excluding hydrogens is 244 g/mol. The van der Waals surface area contributed by atoms with E-state index in [1.807, 2.05) is 0 Å². The normalized spacial score (nSPS) is 11.2. The predicted octanol–water partition coefficient (Wildman–Crippen LogP) is 3.97. The number of ether oxygens (including phenoxy) is 2. The van der Waals surface area contributed by atoms with E-state index in [-0.39, 0.29) is 11.9 Å². The summed E-state index contributed by atoms with van der Waals surface area (Å²) in [5, 5.41) is 0. The van der Waals surface area contributed by atoms with Gasteiger partial charge in [-0.2, -0.15) is 0 Å². The molecule has 0 aliphatic rings. The zero-order valence-corrected chi connectivity index (χ0v) is 12.8. The Bertz CT molecular complexity index is 245. The van der Waals surface area contributed by atoms with Crippen molar-refractivity contribution in [3.63, 3.8) is 0 Å². The van der Waals surface area contributed by atoms with Crippen LogP contribution >= 0.6 is 0 Å². The van der Waals surface area contributed by atoms with Crippen LogP contribution < -0.4 is 0 Å². The van der Waals surface area contributed by atoms with Gasteiger partial charge in [-0.1, -0.05) is 39.5 Å². The summed E-state index contributed by atoms with van der Waals surface area (Å²) in [7, 11) is 0. The van der Waals surface area contributed by atoms with E-state index in [1.165, 1.54) is 0 Å². The van der Waals surface area contributed by atoms with Gasteiger partial charge < -0.3 is 9.47 Å². The van der Waals surface area contributed by atoms with Crippen molar-refractivity contribution in [3.05, 3.63) is 0 Å². The third kappa shape index (κ3) is 10.5. The number of carbonyl (C=O) groups excluding carboxylic acids is 2. The third-order valence-corrected chi connectivity index (χ3v) is 2.69. The number of carbonyl (C=O) groups is 2. The Labute approximate surface area is 116 Å². The van der Waals surface area contributed by atoms with Crippen LogP contribution in [0.3, 0.4) is 0 Å². The molecule has 0 saturated heterocycles. The molecular formula is C15H28O4. The second-order valence-electron chi connectivity index (χ2n) is 5.26. The van der Waals surface area contributed by atoms with E-state index < -0.39 is 5.79 Å². The Morgan fingerprint density at radius 3 is 1.47 bits per heavy atom. The lowest BCUT2D eigenvalue weighted by molar-refractivity contribution is -0.216. The molecule has 0 N–H and O–H groups in total. The number of hydrogen-bond acceptors (Lipinski definition) is 4.